The van der Waals surface area contributed by atoms with Gasteiger partial charge in [-0.05, 0) is 30.3 Å². The molecule has 27 heavy (non-hydrogen) atoms. The van der Waals surface area contributed by atoms with E-state index < -0.39 is 0 Å². The van der Waals surface area contributed by atoms with Crippen molar-refractivity contribution in [2.45, 2.75) is 6.54 Å². The molecule has 8 heteroatoms. The van der Waals surface area contributed by atoms with Crippen molar-refractivity contribution in [1.82, 2.24) is 0 Å². The van der Waals surface area contributed by atoms with E-state index in [2.05, 4.69) is 4.90 Å². The average molecular weight is 393 g/mol. The van der Waals surface area contributed by atoms with Crippen molar-refractivity contribution in [2.75, 3.05) is 45.3 Å². The Hall–Kier alpha value is -2.51. The summed E-state index contributed by atoms with van der Waals surface area (Å²) in [5.41, 5.74) is 1.88. The minimum atomic E-state index is -0.360. The van der Waals surface area contributed by atoms with Crippen LogP contribution in [0.3, 0.4) is 0 Å². The van der Waals surface area contributed by atoms with Gasteiger partial charge in [0.1, 0.15) is 6.54 Å². The third-order valence-electron chi connectivity index (χ3n) is 4.88. The Balaban J connectivity index is 1.71. The SMILES string of the molecule is COc1cc(C[NH+]2CCN(c3ccc(Cl)cc3)CC2)c([N+](=O)[O-])cc1OC. The van der Waals surface area contributed by atoms with Crippen LogP contribution in [-0.4, -0.2) is 45.3 Å². The maximum Gasteiger partial charge on any atom is 0.282 e. The van der Waals surface area contributed by atoms with Gasteiger partial charge >= 0.3 is 0 Å². The monoisotopic (exact) mass is 392 g/mol. The van der Waals surface area contributed by atoms with Gasteiger partial charge in [0.05, 0.1) is 57.0 Å². The van der Waals surface area contributed by atoms with E-state index >= 15 is 0 Å². The number of nitrogens with zero attached hydrogens (tertiary/aromatic N) is 2. The Morgan fingerprint density at radius 3 is 2.26 bits per heavy atom. The van der Waals surface area contributed by atoms with E-state index in [0.717, 1.165) is 36.9 Å². The second-order valence-corrected chi connectivity index (χ2v) is 6.92. The number of nitro groups is 1. The van der Waals surface area contributed by atoms with Crippen LogP contribution in [0.4, 0.5) is 11.4 Å². The van der Waals surface area contributed by atoms with E-state index in [1.54, 1.807) is 6.07 Å². The van der Waals surface area contributed by atoms with Crippen molar-refractivity contribution in [1.29, 1.82) is 0 Å². The van der Waals surface area contributed by atoms with Gasteiger partial charge in [0.15, 0.2) is 11.5 Å². The minimum Gasteiger partial charge on any atom is -0.493 e. The van der Waals surface area contributed by atoms with Crippen molar-refractivity contribution in [3.63, 3.8) is 0 Å². The number of anilines is 1. The summed E-state index contributed by atoms with van der Waals surface area (Å²) >= 11 is 5.95. The first-order valence-electron chi connectivity index (χ1n) is 8.75. The highest BCUT2D eigenvalue weighted by molar-refractivity contribution is 6.30. The first kappa shape index (κ1) is 19.3. The van der Waals surface area contributed by atoms with Gasteiger partial charge in [-0.15, -0.1) is 0 Å². The molecule has 1 aliphatic rings. The Morgan fingerprint density at radius 2 is 1.70 bits per heavy atom. The second-order valence-electron chi connectivity index (χ2n) is 6.48. The van der Waals surface area contributed by atoms with Crippen molar-refractivity contribution in [2.24, 2.45) is 0 Å². The maximum absolute atomic E-state index is 11.5. The van der Waals surface area contributed by atoms with Gasteiger partial charge in [-0.2, -0.15) is 0 Å². The summed E-state index contributed by atoms with van der Waals surface area (Å²) in [5, 5.41) is 12.2. The quantitative estimate of drug-likeness (QED) is 0.602. The number of hydrogen-bond acceptors (Lipinski definition) is 5. The summed E-state index contributed by atoms with van der Waals surface area (Å²) in [5.74, 6) is 0.882. The van der Waals surface area contributed by atoms with Gasteiger partial charge in [-0.1, -0.05) is 11.6 Å². The third-order valence-corrected chi connectivity index (χ3v) is 5.14. The standard InChI is InChI=1S/C19H22ClN3O4/c1-26-18-11-14(17(23(24)25)12-19(18)27-2)13-21-7-9-22(10-8-21)16-5-3-15(20)4-6-16/h3-6,11-12H,7-10,13H2,1-2H3/p+1. The number of quaternary nitrogens is 1. The van der Waals surface area contributed by atoms with Crippen molar-refractivity contribution >= 4 is 23.0 Å². The second kappa shape index (κ2) is 8.45. The van der Waals surface area contributed by atoms with Gasteiger partial charge in [0.2, 0.25) is 0 Å². The molecule has 1 heterocycles. The highest BCUT2D eigenvalue weighted by Crippen LogP contribution is 2.34. The van der Waals surface area contributed by atoms with E-state index in [1.165, 1.54) is 25.2 Å². The summed E-state index contributed by atoms with van der Waals surface area (Å²) in [6.07, 6.45) is 0. The summed E-state index contributed by atoms with van der Waals surface area (Å²) in [6, 6.07) is 11.0. The summed E-state index contributed by atoms with van der Waals surface area (Å²) < 4.78 is 10.5. The van der Waals surface area contributed by atoms with Gasteiger partial charge in [-0.25, -0.2) is 0 Å². The molecule has 0 unspecified atom stereocenters. The lowest BCUT2D eigenvalue weighted by Crippen LogP contribution is -3.13. The number of nitrogens with one attached hydrogen (secondary N) is 1. The minimum absolute atomic E-state index is 0.0697. The van der Waals surface area contributed by atoms with Crippen LogP contribution < -0.4 is 19.3 Å². The van der Waals surface area contributed by atoms with Crippen LogP contribution in [0, 0.1) is 10.1 Å². The van der Waals surface area contributed by atoms with E-state index in [0.29, 0.717) is 23.6 Å². The largest absolute Gasteiger partial charge is 0.493 e. The van der Waals surface area contributed by atoms with Gasteiger partial charge in [-0.3, -0.25) is 10.1 Å². The predicted octanol–water partition coefficient (Wildman–Crippen LogP) is 2.17. The van der Waals surface area contributed by atoms with Crippen LogP contribution in [0.1, 0.15) is 5.56 Å². The third kappa shape index (κ3) is 4.43. The fourth-order valence-corrected chi connectivity index (χ4v) is 3.53. The lowest BCUT2D eigenvalue weighted by atomic mass is 10.1. The predicted molar refractivity (Wildman–Crippen MR) is 104 cm³/mol. The highest BCUT2D eigenvalue weighted by atomic mass is 35.5. The van der Waals surface area contributed by atoms with Crippen LogP contribution in [0.25, 0.3) is 0 Å². The van der Waals surface area contributed by atoms with Crippen molar-refractivity contribution in [3.8, 4) is 11.5 Å². The van der Waals surface area contributed by atoms with Crippen molar-refractivity contribution in [3.05, 3.63) is 57.1 Å². The number of nitro benzene ring substituents is 1. The number of rotatable bonds is 6. The topological polar surface area (TPSA) is 69.3 Å². The molecule has 0 spiro atoms. The number of halogens is 1. The fraction of sp³-hybridized carbons (Fsp3) is 0.368. The number of piperazine rings is 1. The van der Waals surface area contributed by atoms with Gasteiger partial charge in [0, 0.05) is 10.7 Å². The first-order chi connectivity index (χ1) is 13.0. The molecule has 3 rings (SSSR count). The number of hydrogen-bond donors (Lipinski definition) is 1. The Kier molecular flexibility index (Phi) is 6.03. The zero-order chi connectivity index (χ0) is 19.4. The lowest BCUT2D eigenvalue weighted by Gasteiger charge is -2.33. The van der Waals surface area contributed by atoms with Crippen LogP contribution in [0.2, 0.25) is 5.02 Å². The van der Waals surface area contributed by atoms with E-state index in [1.807, 2.05) is 24.3 Å². The molecule has 0 atom stereocenters. The smallest absolute Gasteiger partial charge is 0.282 e. The van der Waals surface area contributed by atoms with Gasteiger partial charge < -0.3 is 19.3 Å². The summed E-state index contributed by atoms with van der Waals surface area (Å²) in [7, 11) is 3.01. The summed E-state index contributed by atoms with van der Waals surface area (Å²) in [4.78, 5) is 14.7. The number of benzene rings is 2. The lowest BCUT2D eigenvalue weighted by molar-refractivity contribution is -0.914. The normalized spacial score (nSPS) is 14.9. The number of ether oxygens (including phenoxy) is 2. The molecular formula is C19H23ClN3O4+. The van der Waals surface area contributed by atoms with Crippen LogP contribution in [-0.2, 0) is 6.54 Å². The molecule has 0 saturated carbocycles. The maximum atomic E-state index is 11.5. The molecule has 1 N–H and O–H groups in total. The fourth-order valence-electron chi connectivity index (χ4n) is 3.40. The van der Waals surface area contributed by atoms with Crippen LogP contribution >= 0.6 is 11.6 Å². The van der Waals surface area contributed by atoms with Gasteiger partial charge in [0.25, 0.3) is 5.69 Å². The molecule has 0 aromatic heterocycles. The van der Waals surface area contributed by atoms with E-state index in [4.69, 9.17) is 21.1 Å². The average Bonchev–Trinajstić information content (AvgIpc) is 2.68. The molecule has 0 aliphatic carbocycles. The number of methoxy groups -OCH3 is 2. The molecule has 2 aromatic carbocycles. The molecule has 1 fully saturated rings. The molecular weight excluding hydrogens is 370 g/mol. The molecule has 0 amide bonds. The molecule has 144 valence electrons. The van der Waals surface area contributed by atoms with E-state index in [9.17, 15) is 10.1 Å². The molecule has 0 radical (unpaired) electrons. The Bertz CT molecular complexity index is 805. The molecule has 0 bridgehead atoms. The highest BCUT2D eigenvalue weighted by Gasteiger charge is 2.26. The molecule has 1 saturated heterocycles. The van der Waals surface area contributed by atoms with Crippen LogP contribution in [0.5, 0.6) is 11.5 Å². The van der Waals surface area contributed by atoms with Crippen molar-refractivity contribution < 1.29 is 19.3 Å². The molecule has 2 aromatic rings. The molecule has 7 nitrogen and oxygen atoms in total. The van der Waals surface area contributed by atoms with E-state index in [-0.39, 0.29) is 10.6 Å². The Labute approximate surface area is 163 Å². The van der Waals surface area contributed by atoms with Crippen LogP contribution in [0.15, 0.2) is 36.4 Å². The zero-order valence-electron chi connectivity index (χ0n) is 15.4. The first-order valence-corrected chi connectivity index (χ1v) is 9.13. The molecule has 1 aliphatic heterocycles. The Morgan fingerprint density at radius 1 is 1.11 bits per heavy atom. The summed E-state index contributed by atoms with van der Waals surface area (Å²) in [6.45, 7) is 4.14. The zero-order valence-corrected chi connectivity index (χ0v) is 16.2.